The molecule has 2 rings (SSSR count). The topological polar surface area (TPSA) is 49.6 Å². The molecule has 4 nitrogen and oxygen atoms in total. The molecule has 0 bridgehead atoms. The van der Waals surface area contributed by atoms with Crippen molar-refractivity contribution in [2.45, 2.75) is 32.2 Å². The molecule has 0 spiro atoms. The van der Waals surface area contributed by atoms with E-state index in [0.717, 1.165) is 25.9 Å². The largest absolute Gasteiger partial charge is 0.399 e. The monoisotopic (exact) mass is 275 g/mol. The number of amides is 1. The normalized spacial score (nSPS) is 17.1. The Bertz CT molecular complexity index is 453. The number of rotatable bonds is 4. The molecule has 0 atom stereocenters. The van der Waals surface area contributed by atoms with Gasteiger partial charge in [-0.25, -0.2) is 0 Å². The van der Waals surface area contributed by atoms with Crippen LogP contribution in [0.4, 0.5) is 5.69 Å². The first-order valence-electron chi connectivity index (χ1n) is 7.47. The van der Waals surface area contributed by atoms with Crippen LogP contribution in [0, 0.1) is 0 Å². The van der Waals surface area contributed by atoms with Crippen molar-refractivity contribution < 1.29 is 4.79 Å². The Morgan fingerprint density at radius 1 is 1.40 bits per heavy atom. The summed E-state index contributed by atoms with van der Waals surface area (Å²) in [6, 6.07) is 7.57. The summed E-state index contributed by atoms with van der Waals surface area (Å²) in [4.78, 5) is 16.8. The highest BCUT2D eigenvalue weighted by Crippen LogP contribution is 2.18. The fourth-order valence-electron chi connectivity index (χ4n) is 2.89. The SMILES string of the molecule is CCCN1CCC(N(C)C(=O)c2cccc(N)c2)CC1. The fraction of sp³-hybridized carbons (Fsp3) is 0.562. The first-order chi connectivity index (χ1) is 9.61. The summed E-state index contributed by atoms with van der Waals surface area (Å²) in [5, 5.41) is 0. The van der Waals surface area contributed by atoms with Crippen molar-refractivity contribution in [3.05, 3.63) is 29.8 Å². The summed E-state index contributed by atoms with van der Waals surface area (Å²) in [5.74, 6) is 0.0752. The molecule has 0 unspecified atom stereocenters. The number of anilines is 1. The minimum Gasteiger partial charge on any atom is -0.399 e. The maximum absolute atomic E-state index is 12.5. The maximum Gasteiger partial charge on any atom is 0.253 e. The summed E-state index contributed by atoms with van der Waals surface area (Å²) >= 11 is 0. The average Bonchev–Trinajstić information content (AvgIpc) is 2.47. The van der Waals surface area contributed by atoms with Crippen LogP contribution in [-0.2, 0) is 0 Å². The third-order valence-electron chi connectivity index (χ3n) is 4.10. The van der Waals surface area contributed by atoms with Crippen LogP contribution in [0.1, 0.15) is 36.5 Å². The van der Waals surface area contributed by atoms with Gasteiger partial charge in [-0.3, -0.25) is 4.79 Å². The molecule has 20 heavy (non-hydrogen) atoms. The molecule has 1 amide bonds. The number of nitrogen functional groups attached to an aromatic ring is 1. The Labute approximate surface area is 121 Å². The zero-order chi connectivity index (χ0) is 14.5. The minimum atomic E-state index is 0.0752. The van der Waals surface area contributed by atoms with Crippen molar-refractivity contribution in [2.75, 3.05) is 32.4 Å². The summed E-state index contributed by atoms with van der Waals surface area (Å²) in [7, 11) is 1.91. The molecule has 0 aliphatic carbocycles. The molecule has 0 aromatic heterocycles. The van der Waals surface area contributed by atoms with E-state index in [-0.39, 0.29) is 5.91 Å². The molecule has 0 radical (unpaired) electrons. The second-order valence-electron chi connectivity index (χ2n) is 5.61. The van der Waals surface area contributed by atoms with Crippen LogP contribution in [0.2, 0.25) is 0 Å². The maximum atomic E-state index is 12.5. The van der Waals surface area contributed by atoms with Gasteiger partial charge in [0.2, 0.25) is 0 Å². The number of hydrogen-bond donors (Lipinski definition) is 1. The van der Waals surface area contributed by atoms with Crippen LogP contribution in [0.15, 0.2) is 24.3 Å². The van der Waals surface area contributed by atoms with Crippen molar-refractivity contribution in [1.82, 2.24) is 9.80 Å². The lowest BCUT2D eigenvalue weighted by atomic mass is 10.0. The number of benzene rings is 1. The molecular formula is C16H25N3O. The van der Waals surface area contributed by atoms with Gasteiger partial charge in [-0.1, -0.05) is 13.0 Å². The van der Waals surface area contributed by atoms with Crippen LogP contribution < -0.4 is 5.73 Å². The second-order valence-corrected chi connectivity index (χ2v) is 5.61. The molecule has 4 heteroatoms. The minimum absolute atomic E-state index is 0.0752. The third kappa shape index (κ3) is 3.51. The van der Waals surface area contributed by atoms with Crippen molar-refractivity contribution >= 4 is 11.6 Å². The van der Waals surface area contributed by atoms with Crippen LogP contribution in [0.25, 0.3) is 0 Å². The molecule has 0 saturated carbocycles. The van der Waals surface area contributed by atoms with Crippen LogP contribution in [-0.4, -0.2) is 48.4 Å². The number of hydrogen-bond acceptors (Lipinski definition) is 3. The van der Waals surface area contributed by atoms with E-state index in [2.05, 4.69) is 11.8 Å². The van der Waals surface area contributed by atoms with Crippen LogP contribution >= 0.6 is 0 Å². The lowest BCUT2D eigenvalue weighted by Gasteiger charge is -2.36. The molecule has 1 aromatic carbocycles. The van der Waals surface area contributed by atoms with Gasteiger partial charge in [0.1, 0.15) is 0 Å². The number of nitrogens with two attached hydrogens (primary N) is 1. The number of carbonyl (C=O) groups excluding carboxylic acids is 1. The highest BCUT2D eigenvalue weighted by molar-refractivity contribution is 5.95. The highest BCUT2D eigenvalue weighted by atomic mass is 16.2. The van der Waals surface area contributed by atoms with Crippen molar-refractivity contribution in [2.24, 2.45) is 0 Å². The number of carbonyl (C=O) groups is 1. The van der Waals surface area contributed by atoms with Gasteiger partial charge < -0.3 is 15.5 Å². The van der Waals surface area contributed by atoms with Crippen molar-refractivity contribution in [3.8, 4) is 0 Å². The first-order valence-corrected chi connectivity index (χ1v) is 7.47. The van der Waals surface area contributed by atoms with E-state index >= 15 is 0 Å². The predicted octanol–water partition coefficient (Wildman–Crippen LogP) is 2.22. The molecule has 2 N–H and O–H groups in total. The van der Waals surface area contributed by atoms with E-state index < -0.39 is 0 Å². The van der Waals surface area contributed by atoms with Gasteiger partial charge in [0, 0.05) is 37.4 Å². The van der Waals surface area contributed by atoms with Gasteiger partial charge in [-0.15, -0.1) is 0 Å². The van der Waals surface area contributed by atoms with E-state index in [0.29, 0.717) is 17.3 Å². The lowest BCUT2D eigenvalue weighted by Crippen LogP contribution is -2.45. The van der Waals surface area contributed by atoms with Gasteiger partial charge in [-0.2, -0.15) is 0 Å². The molecule has 110 valence electrons. The lowest BCUT2D eigenvalue weighted by molar-refractivity contribution is 0.0643. The Kier molecular flexibility index (Phi) is 5.01. The predicted molar refractivity (Wildman–Crippen MR) is 82.7 cm³/mol. The van der Waals surface area contributed by atoms with E-state index in [4.69, 9.17) is 5.73 Å². The first kappa shape index (κ1) is 14.9. The van der Waals surface area contributed by atoms with Gasteiger partial charge in [0.15, 0.2) is 0 Å². The highest BCUT2D eigenvalue weighted by Gasteiger charge is 2.25. The van der Waals surface area contributed by atoms with Crippen LogP contribution in [0.3, 0.4) is 0 Å². The smallest absolute Gasteiger partial charge is 0.253 e. The average molecular weight is 275 g/mol. The van der Waals surface area contributed by atoms with E-state index in [9.17, 15) is 4.79 Å². The molecule has 1 saturated heterocycles. The van der Waals surface area contributed by atoms with Crippen molar-refractivity contribution in [1.29, 1.82) is 0 Å². The van der Waals surface area contributed by atoms with Crippen LogP contribution in [0.5, 0.6) is 0 Å². The summed E-state index contributed by atoms with van der Waals surface area (Å²) in [5.41, 5.74) is 7.07. The van der Waals surface area contributed by atoms with Gasteiger partial charge in [-0.05, 0) is 44.0 Å². The standard InChI is InChI=1S/C16H25N3O/c1-3-9-19-10-7-15(8-11-19)18(2)16(20)13-5-4-6-14(17)12-13/h4-6,12,15H,3,7-11,17H2,1-2H3. The Morgan fingerprint density at radius 3 is 2.70 bits per heavy atom. The second kappa shape index (κ2) is 6.75. The third-order valence-corrected chi connectivity index (χ3v) is 4.10. The zero-order valence-corrected chi connectivity index (χ0v) is 12.5. The number of nitrogens with zero attached hydrogens (tertiary/aromatic N) is 2. The van der Waals surface area contributed by atoms with Crippen molar-refractivity contribution in [3.63, 3.8) is 0 Å². The molecule has 1 fully saturated rings. The number of likely N-dealkylation sites (tertiary alicyclic amines) is 1. The van der Waals surface area contributed by atoms with Gasteiger partial charge in [0.05, 0.1) is 0 Å². The Morgan fingerprint density at radius 2 is 2.10 bits per heavy atom. The Balaban J connectivity index is 1.95. The van der Waals surface area contributed by atoms with E-state index in [1.807, 2.05) is 24.1 Å². The molecule has 1 heterocycles. The zero-order valence-electron chi connectivity index (χ0n) is 12.5. The quantitative estimate of drug-likeness (QED) is 0.857. The van der Waals surface area contributed by atoms with E-state index in [1.54, 1.807) is 12.1 Å². The molecular weight excluding hydrogens is 250 g/mol. The van der Waals surface area contributed by atoms with E-state index in [1.165, 1.54) is 13.0 Å². The van der Waals surface area contributed by atoms with Gasteiger partial charge >= 0.3 is 0 Å². The summed E-state index contributed by atoms with van der Waals surface area (Å²) < 4.78 is 0. The molecule has 1 aliphatic rings. The fourth-order valence-corrected chi connectivity index (χ4v) is 2.89. The molecule has 1 aromatic rings. The molecule has 1 aliphatic heterocycles. The van der Waals surface area contributed by atoms with Gasteiger partial charge in [0.25, 0.3) is 5.91 Å². The summed E-state index contributed by atoms with van der Waals surface area (Å²) in [6.07, 6.45) is 3.32. The number of piperidine rings is 1. The Hall–Kier alpha value is -1.55. The summed E-state index contributed by atoms with van der Waals surface area (Å²) in [6.45, 7) is 5.56.